The second kappa shape index (κ2) is 6.65. The SMILES string of the molecule is CS(=O)CCNC(=O)Cc1ccc(S(=O)(=O)Cl)s1. The molecule has 0 bridgehead atoms. The number of hydrogen-bond acceptors (Lipinski definition) is 5. The smallest absolute Gasteiger partial charge is 0.270 e. The summed E-state index contributed by atoms with van der Waals surface area (Å²) in [6, 6.07) is 2.92. The van der Waals surface area contributed by atoms with Crippen LogP contribution in [0.25, 0.3) is 0 Å². The molecular weight excluding hydrogens is 318 g/mol. The Morgan fingerprint density at radius 1 is 1.50 bits per heavy atom. The van der Waals surface area contributed by atoms with Gasteiger partial charge in [-0.25, -0.2) is 8.42 Å². The van der Waals surface area contributed by atoms with Gasteiger partial charge >= 0.3 is 0 Å². The molecule has 18 heavy (non-hydrogen) atoms. The molecule has 5 nitrogen and oxygen atoms in total. The van der Waals surface area contributed by atoms with Crippen molar-refractivity contribution in [3.8, 4) is 0 Å². The van der Waals surface area contributed by atoms with Crippen molar-refractivity contribution < 1.29 is 17.4 Å². The van der Waals surface area contributed by atoms with Gasteiger partial charge in [0.1, 0.15) is 4.21 Å². The minimum atomic E-state index is -3.73. The van der Waals surface area contributed by atoms with Gasteiger partial charge in [0.2, 0.25) is 5.91 Å². The van der Waals surface area contributed by atoms with E-state index in [0.29, 0.717) is 17.2 Å². The summed E-state index contributed by atoms with van der Waals surface area (Å²) in [7, 11) is 0.503. The van der Waals surface area contributed by atoms with Gasteiger partial charge in [-0.3, -0.25) is 9.00 Å². The van der Waals surface area contributed by atoms with Crippen LogP contribution in [0.5, 0.6) is 0 Å². The fourth-order valence-corrected chi connectivity index (χ4v) is 3.65. The summed E-state index contributed by atoms with van der Waals surface area (Å²) >= 11 is 0.967. The molecule has 0 aliphatic heterocycles. The van der Waals surface area contributed by atoms with Crippen LogP contribution < -0.4 is 5.32 Å². The third kappa shape index (κ3) is 5.47. The second-order valence-corrected chi connectivity index (χ2v) is 8.98. The Hall–Kier alpha value is -0.440. The molecule has 0 aliphatic carbocycles. The molecule has 1 amide bonds. The van der Waals surface area contributed by atoms with E-state index in [4.69, 9.17) is 10.7 Å². The van der Waals surface area contributed by atoms with Crippen molar-refractivity contribution in [2.24, 2.45) is 0 Å². The molecule has 0 saturated carbocycles. The van der Waals surface area contributed by atoms with E-state index in [1.54, 1.807) is 12.3 Å². The number of nitrogens with one attached hydrogen (secondary N) is 1. The number of carbonyl (C=O) groups is 1. The fraction of sp³-hybridized carbons (Fsp3) is 0.444. The van der Waals surface area contributed by atoms with Gasteiger partial charge in [0.15, 0.2) is 0 Å². The van der Waals surface area contributed by atoms with Gasteiger partial charge < -0.3 is 5.32 Å². The van der Waals surface area contributed by atoms with Crippen LogP contribution >= 0.6 is 22.0 Å². The Balaban J connectivity index is 2.50. The summed E-state index contributed by atoms with van der Waals surface area (Å²) in [6.45, 7) is 0.341. The summed E-state index contributed by atoms with van der Waals surface area (Å²) in [6.07, 6.45) is 1.65. The highest BCUT2D eigenvalue weighted by Crippen LogP contribution is 2.24. The lowest BCUT2D eigenvalue weighted by molar-refractivity contribution is -0.120. The number of carbonyl (C=O) groups excluding carboxylic acids is 1. The Bertz CT molecular complexity index is 552. The van der Waals surface area contributed by atoms with Crippen LogP contribution in [0.1, 0.15) is 4.88 Å². The van der Waals surface area contributed by atoms with Crippen molar-refractivity contribution in [3.63, 3.8) is 0 Å². The van der Waals surface area contributed by atoms with Crippen LogP contribution in [0.3, 0.4) is 0 Å². The van der Waals surface area contributed by atoms with E-state index in [9.17, 15) is 17.4 Å². The first-order valence-electron chi connectivity index (χ1n) is 4.89. The van der Waals surface area contributed by atoms with Crippen molar-refractivity contribution in [1.82, 2.24) is 5.32 Å². The van der Waals surface area contributed by atoms with E-state index in [0.717, 1.165) is 11.3 Å². The second-order valence-electron chi connectivity index (χ2n) is 3.46. The summed E-state index contributed by atoms with van der Waals surface area (Å²) in [5, 5.41) is 2.60. The number of halogens is 1. The zero-order valence-corrected chi connectivity index (χ0v) is 12.7. The van der Waals surface area contributed by atoms with Crippen LogP contribution in [0.2, 0.25) is 0 Å². The molecule has 1 N–H and O–H groups in total. The highest BCUT2D eigenvalue weighted by atomic mass is 35.7. The predicted octanol–water partition coefficient (Wildman–Crippen LogP) is 0.713. The molecule has 1 aromatic heterocycles. The lowest BCUT2D eigenvalue weighted by Crippen LogP contribution is -2.28. The molecular formula is C9H12ClNO4S3. The van der Waals surface area contributed by atoms with Crippen LogP contribution in [0.15, 0.2) is 16.3 Å². The number of hydrogen-bond donors (Lipinski definition) is 1. The van der Waals surface area contributed by atoms with Crippen molar-refractivity contribution in [1.29, 1.82) is 0 Å². The van der Waals surface area contributed by atoms with E-state index >= 15 is 0 Å². The Kier molecular flexibility index (Phi) is 5.77. The van der Waals surface area contributed by atoms with E-state index in [1.807, 2.05) is 0 Å². The zero-order chi connectivity index (χ0) is 13.8. The van der Waals surface area contributed by atoms with Crippen LogP contribution in [0.4, 0.5) is 0 Å². The van der Waals surface area contributed by atoms with E-state index in [-0.39, 0.29) is 16.5 Å². The molecule has 9 heteroatoms. The highest BCUT2D eigenvalue weighted by Gasteiger charge is 2.14. The Labute approximate surface area is 116 Å². The average molecular weight is 330 g/mol. The largest absolute Gasteiger partial charge is 0.355 e. The standard InChI is InChI=1S/C9H12ClNO4S3/c1-17(13)5-4-11-8(12)6-7-2-3-9(16-7)18(10,14)15/h2-3H,4-6H2,1H3,(H,11,12). The van der Waals surface area contributed by atoms with Crippen molar-refractivity contribution in [3.05, 3.63) is 17.0 Å². The molecule has 0 radical (unpaired) electrons. The quantitative estimate of drug-likeness (QED) is 0.780. The molecule has 1 rings (SSSR count). The van der Waals surface area contributed by atoms with Gasteiger partial charge in [0, 0.05) is 44.9 Å². The lowest BCUT2D eigenvalue weighted by atomic mass is 10.3. The summed E-state index contributed by atoms with van der Waals surface area (Å²) in [4.78, 5) is 12.1. The third-order valence-corrected chi connectivity index (χ3v) is 5.88. The Morgan fingerprint density at radius 3 is 2.67 bits per heavy atom. The maximum absolute atomic E-state index is 11.5. The number of amides is 1. The molecule has 1 heterocycles. The Morgan fingerprint density at radius 2 is 2.17 bits per heavy atom. The maximum atomic E-state index is 11.5. The molecule has 0 saturated heterocycles. The molecule has 1 atom stereocenters. The summed E-state index contributed by atoms with van der Waals surface area (Å²) in [5.41, 5.74) is 0. The molecule has 102 valence electrons. The summed E-state index contributed by atoms with van der Waals surface area (Å²) < 4.78 is 32.8. The zero-order valence-electron chi connectivity index (χ0n) is 9.51. The van der Waals surface area contributed by atoms with E-state index in [2.05, 4.69) is 5.32 Å². The molecule has 0 aromatic carbocycles. The third-order valence-electron chi connectivity index (χ3n) is 1.92. The first-order chi connectivity index (χ1) is 8.29. The van der Waals surface area contributed by atoms with E-state index < -0.39 is 19.9 Å². The van der Waals surface area contributed by atoms with Gasteiger partial charge in [-0.15, -0.1) is 11.3 Å². The molecule has 1 aromatic rings. The minimum absolute atomic E-state index is 0.0293. The molecule has 0 spiro atoms. The molecule has 1 unspecified atom stereocenters. The van der Waals surface area contributed by atoms with Crippen LogP contribution in [-0.2, 0) is 31.1 Å². The maximum Gasteiger partial charge on any atom is 0.270 e. The van der Waals surface area contributed by atoms with Crippen LogP contribution in [-0.4, -0.2) is 37.1 Å². The van der Waals surface area contributed by atoms with Crippen LogP contribution in [0, 0.1) is 0 Å². The monoisotopic (exact) mass is 329 g/mol. The fourth-order valence-electron chi connectivity index (χ4n) is 1.14. The average Bonchev–Trinajstić information content (AvgIpc) is 2.64. The number of thiophene rings is 1. The lowest BCUT2D eigenvalue weighted by Gasteiger charge is -2.02. The normalized spacial score (nSPS) is 13.2. The number of rotatable bonds is 6. The van der Waals surface area contributed by atoms with Gasteiger partial charge in [-0.1, -0.05) is 0 Å². The van der Waals surface area contributed by atoms with E-state index in [1.165, 1.54) is 6.07 Å². The van der Waals surface area contributed by atoms with Gasteiger partial charge in [0.05, 0.1) is 6.42 Å². The highest BCUT2D eigenvalue weighted by molar-refractivity contribution is 8.15. The predicted molar refractivity (Wildman–Crippen MR) is 73.0 cm³/mol. The minimum Gasteiger partial charge on any atom is -0.355 e. The first-order valence-corrected chi connectivity index (χ1v) is 9.74. The van der Waals surface area contributed by atoms with Crippen molar-refractivity contribution in [2.45, 2.75) is 10.6 Å². The van der Waals surface area contributed by atoms with Crippen molar-refractivity contribution in [2.75, 3.05) is 18.6 Å². The molecule has 0 aliphatic rings. The van der Waals surface area contributed by atoms with Gasteiger partial charge in [-0.05, 0) is 12.1 Å². The van der Waals surface area contributed by atoms with Gasteiger partial charge in [-0.2, -0.15) is 0 Å². The van der Waals surface area contributed by atoms with Gasteiger partial charge in [0.25, 0.3) is 9.05 Å². The summed E-state index contributed by atoms with van der Waals surface area (Å²) in [5.74, 6) is 0.165. The first kappa shape index (κ1) is 15.6. The molecule has 0 fully saturated rings. The van der Waals surface area contributed by atoms with Crippen molar-refractivity contribution >= 4 is 47.8 Å². The topological polar surface area (TPSA) is 80.3 Å².